The maximum atomic E-state index is 12.5. The second-order valence-electron chi connectivity index (χ2n) is 8.41. The van der Waals surface area contributed by atoms with E-state index < -0.39 is 0 Å². The second-order valence-corrected chi connectivity index (χ2v) is 8.41. The van der Waals surface area contributed by atoms with Gasteiger partial charge in [0.05, 0.1) is 37.7 Å². The Bertz CT molecular complexity index is 1270. The summed E-state index contributed by atoms with van der Waals surface area (Å²) in [6.07, 6.45) is 1.66. The molecule has 1 saturated heterocycles. The summed E-state index contributed by atoms with van der Waals surface area (Å²) in [6.45, 7) is 5.80. The summed E-state index contributed by atoms with van der Waals surface area (Å²) in [5.41, 5.74) is 3.51. The summed E-state index contributed by atoms with van der Waals surface area (Å²) >= 11 is 0. The molecule has 1 aliphatic rings. The Labute approximate surface area is 204 Å². The van der Waals surface area contributed by atoms with Crippen molar-refractivity contribution in [3.8, 4) is 28.8 Å². The fraction of sp³-hybridized carbons (Fsp3) is 0.308. The smallest absolute Gasteiger partial charge is 0.242 e. The number of carbonyl (C=O) groups excluding carboxylic acids is 1. The SMILES string of the molecule is COc1ccc(-c2ccnc(Nc3ccc(N4CCN(C(C)C)C(=O)C4)c(OC)c3)n2)cc1C#N. The topological polar surface area (TPSA) is 104 Å². The highest BCUT2D eigenvalue weighted by Crippen LogP contribution is 2.33. The normalized spacial score (nSPS) is 13.5. The largest absolute Gasteiger partial charge is 0.495 e. The van der Waals surface area contributed by atoms with Crippen LogP contribution in [0.2, 0.25) is 0 Å². The Morgan fingerprint density at radius 3 is 2.54 bits per heavy atom. The summed E-state index contributed by atoms with van der Waals surface area (Å²) in [5.74, 6) is 1.69. The maximum Gasteiger partial charge on any atom is 0.242 e. The molecule has 2 aromatic carbocycles. The third-order valence-corrected chi connectivity index (χ3v) is 5.93. The predicted molar refractivity (Wildman–Crippen MR) is 134 cm³/mol. The highest BCUT2D eigenvalue weighted by atomic mass is 16.5. The predicted octanol–water partition coefficient (Wildman–Crippen LogP) is 3.83. The van der Waals surface area contributed by atoms with Gasteiger partial charge in [-0.2, -0.15) is 5.26 Å². The third-order valence-electron chi connectivity index (χ3n) is 5.93. The first-order valence-corrected chi connectivity index (χ1v) is 11.3. The molecule has 0 spiro atoms. The number of piperazine rings is 1. The lowest BCUT2D eigenvalue weighted by Gasteiger charge is -2.38. The van der Waals surface area contributed by atoms with Crippen LogP contribution in [-0.2, 0) is 4.79 Å². The molecule has 3 aromatic rings. The molecule has 1 amide bonds. The molecule has 35 heavy (non-hydrogen) atoms. The summed E-state index contributed by atoms with van der Waals surface area (Å²) in [4.78, 5) is 25.4. The van der Waals surface area contributed by atoms with E-state index in [4.69, 9.17) is 9.47 Å². The van der Waals surface area contributed by atoms with Gasteiger partial charge in [0.1, 0.15) is 17.6 Å². The molecule has 2 heterocycles. The van der Waals surface area contributed by atoms with Crippen molar-refractivity contribution in [1.82, 2.24) is 14.9 Å². The molecule has 9 heteroatoms. The maximum absolute atomic E-state index is 12.5. The van der Waals surface area contributed by atoms with Gasteiger partial charge < -0.3 is 24.6 Å². The number of nitrogens with zero attached hydrogens (tertiary/aromatic N) is 5. The van der Waals surface area contributed by atoms with Crippen molar-refractivity contribution in [1.29, 1.82) is 5.26 Å². The van der Waals surface area contributed by atoms with E-state index in [0.29, 0.717) is 41.8 Å². The number of nitrogens with one attached hydrogen (secondary N) is 1. The van der Waals surface area contributed by atoms with Gasteiger partial charge in [-0.05, 0) is 50.2 Å². The number of methoxy groups -OCH3 is 2. The number of aromatic nitrogens is 2. The van der Waals surface area contributed by atoms with Crippen molar-refractivity contribution in [2.45, 2.75) is 19.9 Å². The van der Waals surface area contributed by atoms with Crippen LogP contribution in [0, 0.1) is 11.3 Å². The minimum atomic E-state index is 0.110. The Balaban J connectivity index is 1.54. The van der Waals surface area contributed by atoms with Crippen LogP contribution in [-0.4, -0.2) is 60.7 Å². The van der Waals surface area contributed by atoms with Crippen LogP contribution in [0.4, 0.5) is 17.3 Å². The van der Waals surface area contributed by atoms with Gasteiger partial charge in [-0.25, -0.2) is 9.97 Å². The molecular formula is C26H28N6O3. The van der Waals surface area contributed by atoms with Gasteiger partial charge in [0, 0.05) is 42.6 Å². The van der Waals surface area contributed by atoms with E-state index in [1.54, 1.807) is 31.5 Å². The number of anilines is 3. The number of benzene rings is 2. The molecule has 0 radical (unpaired) electrons. The van der Waals surface area contributed by atoms with Crippen molar-refractivity contribution >= 4 is 23.2 Å². The van der Waals surface area contributed by atoms with Crippen LogP contribution in [0.3, 0.4) is 0 Å². The summed E-state index contributed by atoms with van der Waals surface area (Å²) in [6, 6.07) is 15.2. The zero-order valence-electron chi connectivity index (χ0n) is 20.3. The van der Waals surface area contributed by atoms with Crippen molar-refractivity contribution in [3.05, 3.63) is 54.2 Å². The summed E-state index contributed by atoms with van der Waals surface area (Å²) in [5, 5.41) is 12.6. The van der Waals surface area contributed by atoms with E-state index in [-0.39, 0.29) is 11.9 Å². The quantitative estimate of drug-likeness (QED) is 0.553. The lowest BCUT2D eigenvalue weighted by atomic mass is 10.1. The van der Waals surface area contributed by atoms with Crippen LogP contribution >= 0.6 is 0 Å². The standard InChI is InChI=1S/C26H28N6O3/c1-17(2)32-12-11-31(16-25(32)33)22-7-6-20(14-24(22)35-4)29-26-28-10-9-21(30-26)18-5-8-23(34-3)19(13-18)15-27/h5-10,13-14,17H,11-12,16H2,1-4H3,(H,28,29,30). The second kappa shape index (κ2) is 10.3. The zero-order valence-corrected chi connectivity index (χ0v) is 20.3. The van der Waals surface area contributed by atoms with Gasteiger partial charge in [0.2, 0.25) is 11.9 Å². The number of ether oxygens (including phenoxy) is 2. The molecule has 0 unspecified atom stereocenters. The molecule has 1 aliphatic heterocycles. The Hall–Kier alpha value is -4.32. The van der Waals surface area contributed by atoms with Gasteiger partial charge in [-0.15, -0.1) is 0 Å². The Morgan fingerprint density at radius 1 is 1.06 bits per heavy atom. The van der Waals surface area contributed by atoms with E-state index in [0.717, 1.165) is 23.5 Å². The molecule has 4 rings (SSSR count). The van der Waals surface area contributed by atoms with Crippen LogP contribution in [0.5, 0.6) is 11.5 Å². The van der Waals surface area contributed by atoms with Gasteiger partial charge in [-0.1, -0.05) is 0 Å². The minimum absolute atomic E-state index is 0.110. The molecule has 1 fully saturated rings. The monoisotopic (exact) mass is 472 g/mol. The third kappa shape index (κ3) is 5.11. The molecule has 1 N–H and O–H groups in total. The first kappa shape index (κ1) is 23.8. The number of amides is 1. The van der Waals surface area contributed by atoms with E-state index in [1.807, 2.05) is 47.9 Å². The minimum Gasteiger partial charge on any atom is -0.495 e. The number of carbonyl (C=O) groups is 1. The van der Waals surface area contributed by atoms with Crippen LogP contribution in [0.1, 0.15) is 19.4 Å². The molecule has 0 bridgehead atoms. The number of hydrogen-bond acceptors (Lipinski definition) is 8. The molecule has 0 saturated carbocycles. The molecule has 1 aromatic heterocycles. The highest BCUT2D eigenvalue weighted by molar-refractivity contribution is 5.84. The molecule has 0 atom stereocenters. The lowest BCUT2D eigenvalue weighted by molar-refractivity contribution is -0.132. The Morgan fingerprint density at radius 2 is 1.86 bits per heavy atom. The van der Waals surface area contributed by atoms with Gasteiger partial charge in [-0.3, -0.25) is 4.79 Å². The first-order valence-electron chi connectivity index (χ1n) is 11.3. The van der Waals surface area contributed by atoms with Gasteiger partial charge in [0.25, 0.3) is 0 Å². The lowest BCUT2D eigenvalue weighted by Crippen LogP contribution is -2.52. The van der Waals surface area contributed by atoms with Crippen molar-refractivity contribution < 1.29 is 14.3 Å². The Kier molecular flexibility index (Phi) is 7.01. The summed E-state index contributed by atoms with van der Waals surface area (Å²) in [7, 11) is 3.15. The molecular weight excluding hydrogens is 444 g/mol. The number of rotatable bonds is 7. The van der Waals surface area contributed by atoms with Crippen LogP contribution < -0.4 is 19.7 Å². The first-order chi connectivity index (χ1) is 16.9. The van der Waals surface area contributed by atoms with E-state index in [1.165, 1.54) is 7.11 Å². The number of hydrogen-bond donors (Lipinski definition) is 1. The van der Waals surface area contributed by atoms with Crippen LogP contribution in [0.25, 0.3) is 11.3 Å². The van der Waals surface area contributed by atoms with E-state index in [9.17, 15) is 10.1 Å². The fourth-order valence-corrected chi connectivity index (χ4v) is 4.12. The van der Waals surface area contributed by atoms with E-state index in [2.05, 4.69) is 21.4 Å². The van der Waals surface area contributed by atoms with Crippen molar-refractivity contribution in [3.63, 3.8) is 0 Å². The highest BCUT2D eigenvalue weighted by Gasteiger charge is 2.27. The molecule has 9 nitrogen and oxygen atoms in total. The summed E-state index contributed by atoms with van der Waals surface area (Å²) < 4.78 is 10.9. The van der Waals surface area contributed by atoms with Crippen molar-refractivity contribution in [2.24, 2.45) is 0 Å². The average Bonchev–Trinajstić information content (AvgIpc) is 2.88. The van der Waals surface area contributed by atoms with E-state index >= 15 is 0 Å². The van der Waals surface area contributed by atoms with Crippen molar-refractivity contribution in [2.75, 3.05) is 44.1 Å². The van der Waals surface area contributed by atoms with Gasteiger partial charge >= 0.3 is 0 Å². The number of nitriles is 1. The molecule has 0 aliphatic carbocycles. The van der Waals surface area contributed by atoms with Gasteiger partial charge in [0.15, 0.2) is 0 Å². The molecule has 180 valence electrons. The average molecular weight is 473 g/mol. The fourth-order valence-electron chi connectivity index (χ4n) is 4.12. The zero-order chi connectivity index (χ0) is 24.9. The van der Waals surface area contributed by atoms with Crippen LogP contribution in [0.15, 0.2) is 48.7 Å².